The van der Waals surface area contributed by atoms with Crippen LogP contribution in [0.15, 0.2) is 36.4 Å². The Balaban J connectivity index is 1.57. The minimum absolute atomic E-state index is 0.0932. The lowest BCUT2D eigenvalue weighted by Gasteiger charge is -2.17. The average molecular weight is 429 g/mol. The molecule has 0 unspecified atom stereocenters. The Morgan fingerprint density at radius 1 is 1.17 bits per heavy atom. The van der Waals surface area contributed by atoms with Crippen molar-refractivity contribution in [3.05, 3.63) is 51.7 Å². The maximum Gasteiger partial charge on any atom is 0.376 e. The Morgan fingerprint density at radius 3 is 2.60 bits per heavy atom. The van der Waals surface area contributed by atoms with Crippen LogP contribution in [-0.4, -0.2) is 29.3 Å². The molecule has 2 atom stereocenters. The number of hydrogen-bond donors (Lipinski definition) is 1. The number of aliphatic hydroxyl groups excluding tert-OH is 1. The Kier molecular flexibility index (Phi) is 7.94. The van der Waals surface area contributed by atoms with Gasteiger partial charge < -0.3 is 5.11 Å². The van der Waals surface area contributed by atoms with Gasteiger partial charge in [0.15, 0.2) is 5.78 Å². The van der Waals surface area contributed by atoms with Crippen LogP contribution in [0.5, 0.6) is 0 Å². The third-order valence-electron chi connectivity index (χ3n) is 5.37. The van der Waals surface area contributed by atoms with Crippen molar-refractivity contribution in [3.63, 3.8) is 0 Å². The average Bonchev–Trinajstić information content (AvgIpc) is 3.35. The molecule has 0 bridgehead atoms. The summed E-state index contributed by atoms with van der Waals surface area (Å²) in [7, 11) is 0. The molecule has 0 saturated carbocycles. The SMILES string of the molecule is CCCCC[C@H](O)c1ccc(N2C(=O)C=[O+][C@H]2CCCc2ccc(C(C)=O)s2)cc1. The minimum atomic E-state index is -0.468. The van der Waals surface area contributed by atoms with Gasteiger partial charge in [0, 0.05) is 4.88 Å². The molecule has 0 fully saturated rings. The summed E-state index contributed by atoms with van der Waals surface area (Å²) in [6, 6.07) is 11.4. The number of carbonyl (C=O) groups excluding carboxylic acids is 3. The van der Waals surface area contributed by atoms with Crippen molar-refractivity contribution in [3.8, 4) is 0 Å². The highest BCUT2D eigenvalue weighted by Crippen LogP contribution is 2.27. The summed E-state index contributed by atoms with van der Waals surface area (Å²) in [5.41, 5.74) is 1.65. The molecule has 1 N–H and O–H groups in total. The predicted octanol–water partition coefficient (Wildman–Crippen LogP) is 4.99. The summed E-state index contributed by atoms with van der Waals surface area (Å²) in [4.78, 5) is 27.4. The van der Waals surface area contributed by atoms with Crippen LogP contribution in [0.25, 0.3) is 0 Å². The van der Waals surface area contributed by atoms with Crippen molar-refractivity contribution in [2.24, 2.45) is 0 Å². The van der Waals surface area contributed by atoms with Crippen LogP contribution in [-0.2, 0) is 15.6 Å². The summed E-state index contributed by atoms with van der Waals surface area (Å²) < 4.78 is 5.61. The van der Waals surface area contributed by atoms with Crippen molar-refractivity contribution in [2.45, 2.75) is 71.1 Å². The molecule has 0 radical (unpaired) electrons. The van der Waals surface area contributed by atoms with E-state index in [9.17, 15) is 14.7 Å². The van der Waals surface area contributed by atoms with E-state index in [-0.39, 0.29) is 17.9 Å². The number of unbranched alkanes of at least 4 members (excludes halogenated alkanes) is 2. The molecular weight excluding hydrogens is 398 g/mol. The Hall–Kier alpha value is -2.31. The van der Waals surface area contributed by atoms with Gasteiger partial charge in [0.1, 0.15) is 0 Å². The van der Waals surface area contributed by atoms with Gasteiger partial charge in [-0.25, -0.2) is 9.32 Å². The van der Waals surface area contributed by atoms with E-state index in [1.807, 2.05) is 36.4 Å². The second-order valence-electron chi connectivity index (χ2n) is 7.73. The van der Waals surface area contributed by atoms with Crippen molar-refractivity contribution in [1.29, 1.82) is 0 Å². The predicted molar refractivity (Wildman–Crippen MR) is 120 cm³/mol. The first-order chi connectivity index (χ1) is 14.5. The number of rotatable bonds is 11. The van der Waals surface area contributed by atoms with Gasteiger partial charge in [0.05, 0.1) is 23.1 Å². The number of ketones is 1. The van der Waals surface area contributed by atoms with Gasteiger partial charge in [0.25, 0.3) is 0 Å². The summed E-state index contributed by atoms with van der Waals surface area (Å²) in [5, 5.41) is 10.3. The number of hydrogen-bond acceptors (Lipinski definition) is 4. The van der Waals surface area contributed by atoms with E-state index in [1.54, 1.807) is 11.8 Å². The second kappa shape index (κ2) is 10.6. The van der Waals surface area contributed by atoms with Crippen LogP contribution >= 0.6 is 11.3 Å². The van der Waals surface area contributed by atoms with E-state index in [1.165, 1.54) is 22.5 Å². The van der Waals surface area contributed by atoms with Gasteiger partial charge in [0.2, 0.25) is 0 Å². The number of aliphatic hydroxyl groups is 1. The number of Topliss-reactive ketones (excluding diaryl/α,β-unsaturated/α-hetero) is 1. The van der Waals surface area contributed by atoms with Crippen LogP contribution in [0, 0.1) is 0 Å². The van der Waals surface area contributed by atoms with Crippen LogP contribution < -0.4 is 4.90 Å². The molecule has 1 aromatic heterocycles. The Labute approximate surface area is 182 Å². The smallest absolute Gasteiger partial charge is 0.376 e. The largest absolute Gasteiger partial charge is 0.388 e. The molecule has 2 heterocycles. The fourth-order valence-corrected chi connectivity index (χ4v) is 4.60. The van der Waals surface area contributed by atoms with Crippen LogP contribution in [0.2, 0.25) is 0 Å². The summed E-state index contributed by atoms with van der Waals surface area (Å²) >= 11 is 1.53. The highest BCUT2D eigenvalue weighted by Gasteiger charge is 2.39. The van der Waals surface area contributed by atoms with E-state index in [0.717, 1.165) is 54.7 Å². The molecule has 1 aliphatic heterocycles. The van der Waals surface area contributed by atoms with Crippen LogP contribution in [0.4, 0.5) is 5.69 Å². The number of carbonyl (C=O) groups is 2. The number of aryl methyl sites for hydroxylation is 1. The monoisotopic (exact) mass is 428 g/mol. The third-order valence-corrected chi connectivity index (χ3v) is 6.62. The lowest BCUT2D eigenvalue weighted by atomic mass is 10.0. The number of thiophene rings is 1. The molecule has 1 aliphatic rings. The molecule has 3 rings (SSSR count). The molecule has 160 valence electrons. The number of amides is 1. The van der Waals surface area contributed by atoms with Crippen LogP contribution in [0.3, 0.4) is 0 Å². The number of nitrogens with zero attached hydrogens (tertiary/aromatic N) is 1. The van der Waals surface area contributed by atoms with Crippen LogP contribution in [0.1, 0.15) is 78.6 Å². The standard InChI is InChI=1S/C24H30NO4S/c1-3-4-5-8-21(27)18-10-12-19(13-11-18)25-23(28)16-29-24(25)9-6-7-20-14-15-22(30-20)17(2)26/h10-16,21,24,27H,3-9H2,1-2H3/q+1/t21-,24-/m0/s1. The van der Waals surface area contributed by atoms with Crippen molar-refractivity contribution in [2.75, 3.05) is 4.90 Å². The molecule has 6 heteroatoms. The van der Waals surface area contributed by atoms with Gasteiger partial charge >= 0.3 is 18.4 Å². The maximum atomic E-state index is 12.4. The zero-order chi connectivity index (χ0) is 21.5. The van der Waals surface area contributed by atoms with E-state index in [2.05, 4.69) is 6.92 Å². The lowest BCUT2D eigenvalue weighted by Crippen LogP contribution is -2.35. The summed E-state index contributed by atoms with van der Waals surface area (Å²) in [6.07, 6.45) is 6.90. The molecular formula is C24H30NO4S+. The molecule has 0 spiro atoms. The van der Waals surface area contributed by atoms with E-state index >= 15 is 0 Å². The third kappa shape index (κ3) is 5.64. The molecule has 0 aliphatic carbocycles. The van der Waals surface area contributed by atoms with Gasteiger partial charge in [-0.3, -0.25) is 9.59 Å². The topological polar surface area (TPSA) is 68.9 Å². The molecule has 1 aromatic carbocycles. The second-order valence-corrected chi connectivity index (χ2v) is 8.90. The van der Waals surface area contributed by atoms with E-state index in [0.29, 0.717) is 6.42 Å². The molecule has 0 saturated heterocycles. The van der Waals surface area contributed by atoms with E-state index < -0.39 is 6.10 Å². The number of aldehydes is 1. The molecule has 1 amide bonds. The maximum absolute atomic E-state index is 12.4. The fraction of sp³-hybridized carbons (Fsp3) is 0.458. The van der Waals surface area contributed by atoms with Gasteiger partial charge in [-0.15, -0.1) is 11.3 Å². The fourth-order valence-electron chi connectivity index (χ4n) is 3.65. The number of benzene rings is 1. The minimum Gasteiger partial charge on any atom is -0.388 e. The summed E-state index contributed by atoms with van der Waals surface area (Å²) in [6.45, 7) is 3.73. The molecule has 5 nitrogen and oxygen atoms in total. The van der Waals surface area contributed by atoms with Crippen molar-refractivity contribution in [1.82, 2.24) is 0 Å². The zero-order valence-corrected chi connectivity index (χ0v) is 18.5. The summed E-state index contributed by atoms with van der Waals surface area (Å²) in [5.74, 6) is -0.0677. The first kappa shape index (κ1) is 22.4. The molecule has 30 heavy (non-hydrogen) atoms. The normalized spacial score (nSPS) is 17.0. The Bertz CT molecular complexity index is 887. The lowest BCUT2D eigenvalue weighted by molar-refractivity contribution is -0.489. The molecule has 2 aromatic rings. The number of anilines is 1. The van der Waals surface area contributed by atoms with Crippen molar-refractivity contribution < 1.29 is 19.1 Å². The first-order valence-corrected chi connectivity index (χ1v) is 11.5. The van der Waals surface area contributed by atoms with Crippen molar-refractivity contribution >= 4 is 35.0 Å². The highest BCUT2D eigenvalue weighted by atomic mass is 32.1. The highest BCUT2D eigenvalue weighted by molar-refractivity contribution is 7.14. The van der Waals surface area contributed by atoms with Gasteiger partial charge in [-0.05, 0) is 56.0 Å². The Morgan fingerprint density at radius 2 is 1.93 bits per heavy atom. The zero-order valence-electron chi connectivity index (χ0n) is 17.7. The first-order valence-electron chi connectivity index (χ1n) is 10.7. The van der Waals surface area contributed by atoms with Gasteiger partial charge in [-0.2, -0.15) is 0 Å². The van der Waals surface area contributed by atoms with E-state index in [4.69, 9.17) is 4.42 Å². The van der Waals surface area contributed by atoms with Gasteiger partial charge in [-0.1, -0.05) is 38.3 Å². The quantitative estimate of drug-likeness (QED) is 0.180.